The van der Waals surface area contributed by atoms with Crippen LogP contribution in [0.5, 0.6) is 11.5 Å². The zero-order valence-corrected chi connectivity index (χ0v) is 12.7. The number of allylic oxidation sites excluding steroid dienone is 1. The van der Waals surface area contributed by atoms with Crippen molar-refractivity contribution in [2.24, 2.45) is 0 Å². The Bertz CT molecular complexity index is 549. The van der Waals surface area contributed by atoms with Gasteiger partial charge in [-0.05, 0) is 26.0 Å². The molecule has 102 valence electrons. The van der Waals surface area contributed by atoms with Gasteiger partial charge >= 0.3 is 5.97 Å². The van der Waals surface area contributed by atoms with Crippen molar-refractivity contribution < 1.29 is 19.0 Å². The molecule has 1 heterocycles. The number of carbonyl (C=O) groups is 1. The van der Waals surface area contributed by atoms with E-state index in [1.165, 1.54) is 0 Å². The normalized spacial score (nSPS) is 13.7. The molecule has 1 aliphatic rings. The van der Waals surface area contributed by atoms with E-state index in [9.17, 15) is 4.79 Å². The SMILES string of the molecule is CCOC(=O)C1=C(C)Oc2c(cc(Br)cc2OC)C1. The molecule has 0 unspecified atom stereocenters. The van der Waals surface area contributed by atoms with E-state index in [1.54, 1.807) is 21.0 Å². The number of carbonyl (C=O) groups excluding carboxylic acids is 1. The van der Waals surface area contributed by atoms with E-state index < -0.39 is 0 Å². The van der Waals surface area contributed by atoms with Crippen molar-refractivity contribution in [3.63, 3.8) is 0 Å². The van der Waals surface area contributed by atoms with Gasteiger partial charge in [-0.25, -0.2) is 4.79 Å². The van der Waals surface area contributed by atoms with Crippen molar-refractivity contribution in [3.05, 3.63) is 33.5 Å². The number of methoxy groups -OCH3 is 1. The summed E-state index contributed by atoms with van der Waals surface area (Å²) >= 11 is 3.42. The fourth-order valence-electron chi connectivity index (χ4n) is 1.99. The minimum absolute atomic E-state index is 0.329. The first-order chi connectivity index (χ1) is 9.06. The highest BCUT2D eigenvalue weighted by molar-refractivity contribution is 9.10. The summed E-state index contributed by atoms with van der Waals surface area (Å²) in [4.78, 5) is 11.9. The Morgan fingerprint density at radius 1 is 1.47 bits per heavy atom. The van der Waals surface area contributed by atoms with Gasteiger partial charge in [0.05, 0.1) is 19.3 Å². The van der Waals surface area contributed by atoms with E-state index in [2.05, 4.69) is 15.9 Å². The molecular formula is C14H15BrO4. The summed E-state index contributed by atoms with van der Waals surface area (Å²) in [7, 11) is 1.59. The van der Waals surface area contributed by atoms with Crippen molar-refractivity contribution in [2.75, 3.05) is 13.7 Å². The average Bonchev–Trinajstić information content (AvgIpc) is 2.38. The Morgan fingerprint density at radius 2 is 2.21 bits per heavy atom. The Balaban J connectivity index is 2.39. The second kappa shape index (κ2) is 5.65. The first-order valence-electron chi connectivity index (χ1n) is 5.98. The molecule has 0 spiro atoms. The van der Waals surface area contributed by atoms with Gasteiger partial charge in [0.25, 0.3) is 0 Å². The summed E-state index contributed by atoms with van der Waals surface area (Å²) in [6.07, 6.45) is 0.482. The van der Waals surface area contributed by atoms with Gasteiger partial charge in [0, 0.05) is 16.5 Å². The molecule has 0 radical (unpaired) electrons. The zero-order chi connectivity index (χ0) is 14.0. The number of halogens is 1. The van der Waals surface area contributed by atoms with Crippen LogP contribution in [0, 0.1) is 0 Å². The molecule has 0 aliphatic carbocycles. The third-order valence-electron chi connectivity index (χ3n) is 2.89. The van der Waals surface area contributed by atoms with Gasteiger partial charge in [-0.15, -0.1) is 0 Å². The molecule has 0 saturated heterocycles. The Morgan fingerprint density at radius 3 is 2.84 bits per heavy atom. The lowest BCUT2D eigenvalue weighted by Crippen LogP contribution is -2.18. The second-order valence-corrected chi connectivity index (χ2v) is 5.05. The molecule has 0 atom stereocenters. The maximum atomic E-state index is 11.9. The van der Waals surface area contributed by atoms with E-state index in [4.69, 9.17) is 14.2 Å². The molecule has 1 aromatic carbocycles. The molecule has 1 aromatic rings. The first-order valence-corrected chi connectivity index (χ1v) is 6.77. The fourth-order valence-corrected chi connectivity index (χ4v) is 2.47. The Kier molecular flexibility index (Phi) is 4.14. The second-order valence-electron chi connectivity index (χ2n) is 4.13. The Hall–Kier alpha value is -1.49. The topological polar surface area (TPSA) is 44.8 Å². The molecule has 0 N–H and O–H groups in total. The van der Waals surface area contributed by atoms with Crippen LogP contribution in [-0.4, -0.2) is 19.7 Å². The van der Waals surface area contributed by atoms with Crippen molar-refractivity contribution in [2.45, 2.75) is 20.3 Å². The van der Waals surface area contributed by atoms with Crippen molar-refractivity contribution in [3.8, 4) is 11.5 Å². The number of benzene rings is 1. The van der Waals surface area contributed by atoms with Crippen LogP contribution >= 0.6 is 15.9 Å². The predicted octanol–water partition coefficient (Wildman–Crippen LogP) is 3.23. The van der Waals surface area contributed by atoms with Crippen molar-refractivity contribution >= 4 is 21.9 Å². The van der Waals surface area contributed by atoms with Crippen LogP contribution in [0.4, 0.5) is 0 Å². The average molecular weight is 327 g/mol. The lowest BCUT2D eigenvalue weighted by Gasteiger charge is -2.22. The first kappa shape index (κ1) is 13.9. The van der Waals surface area contributed by atoms with E-state index in [-0.39, 0.29) is 5.97 Å². The number of ether oxygens (including phenoxy) is 3. The number of esters is 1. The maximum absolute atomic E-state index is 11.9. The summed E-state index contributed by atoms with van der Waals surface area (Å²) < 4.78 is 16.9. The van der Waals surface area contributed by atoms with Crippen LogP contribution in [0.1, 0.15) is 19.4 Å². The lowest BCUT2D eigenvalue weighted by atomic mass is 10.0. The summed E-state index contributed by atoms with van der Waals surface area (Å²) in [6.45, 7) is 3.89. The number of fused-ring (bicyclic) bond motifs is 1. The molecule has 19 heavy (non-hydrogen) atoms. The predicted molar refractivity (Wildman–Crippen MR) is 74.4 cm³/mol. The van der Waals surface area contributed by atoms with E-state index in [1.807, 2.05) is 12.1 Å². The van der Waals surface area contributed by atoms with Crippen LogP contribution in [0.25, 0.3) is 0 Å². The van der Waals surface area contributed by atoms with Crippen LogP contribution in [0.2, 0.25) is 0 Å². The summed E-state index contributed by atoms with van der Waals surface area (Å²) in [5.41, 5.74) is 1.45. The van der Waals surface area contributed by atoms with Gasteiger partial charge in [-0.3, -0.25) is 0 Å². The smallest absolute Gasteiger partial charge is 0.337 e. The lowest BCUT2D eigenvalue weighted by molar-refractivity contribution is -0.138. The molecule has 0 amide bonds. The summed E-state index contributed by atoms with van der Waals surface area (Å²) in [5, 5.41) is 0. The monoisotopic (exact) mass is 326 g/mol. The molecule has 5 heteroatoms. The fraction of sp³-hybridized carbons (Fsp3) is 0.357. The summed E-state index contributed by atoms with van der Waals surface area (Å²) in [6, 6.07) is 3.75. The Labute approximate surface area is 120 Å². The standard InChI is InChI=1S/C14H15BrO4/c1-4-18-14(16)11-6-9-5-10(15)7-12(17-3)13(9)19-8(11)2/h5,7H,4,6H2,1-3H3. The zero-order valence-electron chi connectivity index (χ0n) is 11.1. The number of rotatable bonds is 3. The van der Waals surface area contributed by atoms with Crippen LogP contribution in [-0.2, 0) is 16.0 Å². The molecule has 0 fully saturated rings. The van der Waals surface area contributed by atoms with Gasteiger partial charge in [0.15, 0.2) is 11.5 Å². The highest BCUT2D eigenvalue weighted by atomic mass is 79.9. The maximum Gasteiger partial charge on any atom is 0.337 e. The molecule has 4 nitrogen and oxygen atoms in total. The van der Waals surface area contributed by atoms with E-state index >= 15 is 0 Å². The van der Waals surface area contributed by atoms with Crippen LogP contribution < -0.4 is 9.47 Å². The molecular weight excluding hydrogens is 312 g/mol. The minimum atomic E-state index is -0.329. The van der Waals surface area contributed by atoms with Gasteiger partial charge in [0.1, 0.15) is 5.76 Å². The van der Waals surface area contributed by atoms with Gasteiger partial charge in [0.2, 0.25) is 0 Å². The van der Waals surface area contributed by atoms with Crippen LogP contribution in [0.15, 0.2) is 27.9 Å². The van der Waals surface area contributed by atoms with Crippen LogP contribution in [0.3, 0.4) is 0 Å². The third kappa shape index (κ3) is 2.76. The van der Waals surface area contributed by atoms with Gasteiger partial charge < -0.3 is 14.2 Å². The van der Waals surface area contributed by atoms with E-state index in [0.717, 1.165) is 10.0 Å². The quantitative estimate of drug-likeness (QED) is 0.800. The van der Waals surface area contributed by atoms with Crippen molar-refractivity contribution in [1.29, 1.82) is 0 Å². The highest BCUT2D eigenvalue weighted by Gasteiger charge is 2.26. The minimum Gasteiger partial charge on any atom is -0.493 e. The largest absolute Gasteiger partial charge is 0.493 e. The van der Waals surface area contributed by atoms with Crippen molar-refractivity contribution in [1.82, 2.24) is 0 Å². The third-order valence-corrected chi connectivity index (χ3v) is 3.34. The van der Waals surface area contributed by atoms with Gasteiger partial charge in [-0.1, -0.05) is 15.9 Å². The highest BCUT2D eigenvalue weighted by Crippen LogP contribution is 2.40. The molecule has 0 bridgehead atoms. The van der Waals surface area contributed by atoms with Gasteiger partial charge in [-0.2, -0.15) is 0 Å². The van der Waals surface area contributed by atoms with E-state index in [0.29, 0.717) is 35.9 Å². The summed E-state index contributed by atoms with van der Waals surface area (Å²) in [5.74, 6) is 1.54. The molecule has 0 saturated carbocycles. The number of hydrogen-bond acceptors (Lipinski definition) is 4. The molecule has 2 rings (SSSR count). The molecule has 0 aromatic heterocycles. The molecule has 1 aliphatic heterocycles. The number of hydrogen-bond donors (Lipinski definition) is 0.